The van der Waals surface area contributed by atoms with E-state index in [1.165, 1.54) is 5.57 Å². The van der Waals surface area contributed by atoms with E-state index >= 15 is 0 Å². The lowest BCUT2D eigenvalue weighted by Crippen LogP contribution is -2.66. The molecule has 5 aliphatic rings. The Hall–Kier alpha value is -1.16. The second-order valence-electron chi connectivity index (χ2n) is 14.9. The van der Waals surface area contributed by atoms with Crippen LogP contribution in [0.15, 0.2) is 11.6 Å². The number of carbonyl (C=O) groups excluding carboxylic acids is 1. The van der Waals surface area contributed by atoms with E-state index in [0.717, 1.165) is 51.4 Å². The number of allylic oxidation sites excluding steroid dienone is 2. The van der Waals surface area contributed by atoms with Gasteiger partial charge in [-0.3, -0.25) is 9.59 Å². The minimum atomic E-state index is -0.711. The van der Waals surface area contributed by atoms with Crippen LogP contribution in [0, 0.1) is 50.2 Å². The number of hydrogen-bond donors (Lipinski definition) is 2. The van der Waals surface area contributed by atoms with Crippen LogP contribution < -0.4 is 0 Å². The fourth-order valence-electron chi connectivity index (χ4n) is 10.4. The molecule has 0 bridgehead atoms. The van der Waals surface area contributed by atoms with Gasteiger partial charge in [0.05, 0.1) is 11.5 Å². The summed E-state index contributed by atoms with van der Waals surface area (Å²) < 4.78 is 0. The Labute approximate surface area is 206 Å². The van der Waals surface area contributed by atoms with Gasteiger partial charge in [0.25, 0.3) is 0 Å². The number of carboxylic acids is 1. The molecule has 34 heavy (non-hydrogen) atoms. The molecular weight excluding hydrogens is 424 g/mol. The van der Waals surface area contributed by atoms with Crippen molar-refractivity contribution in [3.8, 4) is 0 Å². The molecule has 0 spiro atoms. The minimum absolute atomic E-state index is 0.0296. The van der Waals surface area contributed by atoms with Crippen LogP contribution in [0.1, 0.15) is 106 Å². The third-order valence-electron chi connectivity index (χ3n) is 13.1. The largest absolute Gasteiger partial charge is 0.481 e. The first-order valence-corrected chi connectivity index (χ1v) is 13.7. The summed E-state index contributed by atoms with van der Waals surface area (Å²) in [5.74, 6) is 0.0603. The molecule has 0 heterocycles. The molecule has 5 aliphatic carbocycles. The number of carbonyl (C=O) groups is 2. The van der Waals surface area contributed by atoms with Gasteiger partial charge in [-0.15, -0.1) is 0 Å². The number of fused-ring (bicyclic) bond motifs is 7. The van der Waals surface area contributed by atoms with Crippen molar-refractivity contribution in [2.24, 2.45) is 50.2 Å². The number of aliphatic hydroxyl groups is 1. The molecule has 0 aromatic carbocycles. The second kappa shape index (κ2) is 6.99. The third-order valence-corrected chi connectivity index (χ3v) is 13.1. The molecule has 4 heteroatoms. The summed E-state index contributed by atoms with van der Waals surface area (Å²) in [5, 5.41) is 20.9. The Morgan fingerprint density at radius 2 is 1.56 bits per heavy atom. The summed E-state index contributed by atoms with van der Waals surface area (Å²) in [6.07, 6.45) is 9.95. The van der Waals surface area contributed by atoms with Crippen LogP contribution in [0.25, 0.3) is 0 Å². The summed E-state index contributed by atoms with van der Waals surface area (Å²) in [4.78, 5) is 26.4. The van der Waals surface area contributed by atoms with Crippen molar-refractivity contribution < 1.29 is 19.8 Å². The van der Waals surface area contributed by atoms with Gasteiger partial charge in [-0.25, -0.2) is 0 Å². The predicted octanol–water partition coefficient (Wildman–Crippen LogP) is 6.41. The Bertz CT molecular complexity index is 965. The molecule has 9 atom stereocenters. The van der Waals surface area contributed by atoms with Crippen molar-refractivity contribution in [3.63, 3.8) is 0 Å². The Kier molecular flexibility index (Phi) is 5.04. The lowest BCUT2D eigenvalue weighted by atomic mass is 9.33. The molecule has 2 N–H and O–H groups in total. The van der Waals surface area contributed by atoms with Gasteiger partial charge in [-0.05, 0) is 110 Å². The van der Waals surface area contributed by atoms with Crippen LogP contribution in [-0.4, -0.2) is 28.1 Å². The first-order valence-electron chi connectivity index (χ1n) is 13.7. The highest BCUT2D eigenvalue weighted by Gasteiger charge is 2.70. The standard InChI is InChI=1S/C30H46O4/c1-25(2)21-8-11-30(7)23(28(21,5)10-9-22(25)32)20(31)16-18-19-17-27(4,24(33)34)13-12-26(19,3)14-15-29(18,30)6/h16,19,21-23,32H,8-15,17H2,1-7H3,(H,33,34)/t19-,21?,22+,23?,26-,27+,28+,29?,30-/m1/s1. The molecule has 0 aliphatic heterocycles. The van der Waals surface area contributed by atoms with Crippen LogP contribution in [-0.2, 0) is 9.59 Å². The van der Waals surface area contributed by atoms with Gasteiger partial charge in [0, 0.05) is 5.92 Å². The lowest BCUT2D eigenvalue weighted by Gasteiger charge is -2.70. The zero-order valence-corrected chi connectivity index (χ0v) is 22.5. The number of aliphatic carboxylic acids is 1. The van der Waals surface area contributed by atoms with E-state index in [1.54, 1.807) is 0 Å². The summed E-state index contributed by atoms with van der Waals surface area (Å²) in [6.45, 7) is 15.8. The Morgan fingerprint density at radius 3 is 2.21 bits per heavy atom. The molecule has 5 rings (SSSR count). The molecule has 4 nitrogen and oxygen atoms in total. The molecular formula is C30H46O4. The quantitative estimate of drug-likeness (QED) is 0.464. The monoisotopic (exact) mass is 470 g/mol. The molecule has 0 aromatic rings. The van der Waals surface area contributed by atoms with E-state index < -0.39 is 11.4 Å². The molecule has 4 fully saturated rings. The smallest absolute Gasteiger partial charge is 0.309 e. The van der Waals surface area contributed by atoms with Gasteiger partial charge in [-0.2, -0.15) is 0 Å². The normalized spacial score (nSPS) is 54.1. The molecule has 0 aromatic heterocycles. The van der Waals surface area contributed by atoms with Crippen LogP contribution in [0.4, 0.5) is 0 Å². The van der Waals surface area contributed by atoms with Crippen molar-refractivity contribution in [1.82, 2.24) is 0 Å². The SMILES string of the molecule is CC1(C)C2CC[C@]3(C)C(C(=O)C=C4[C@H]5C[C@@](C)(C(=O)O)CC[C@]5(C)CCC43C)[C@@]2(C)CC[C@@H]1O. The third kappa shape index (κ3) is 2.81. The van der Waals surface area contributed by atoms with E-state index in [9.17, 15) is 19.8 Å². The first-order chi connectivity index (χ1) is 15.6. The summed E-state index contributed by atoms with van der Waals surface area (Å²) >= 11 is 0. The summed E-state index contributed by atoms with van der Waals surface area (Å²) in [6, 6.07) is 0. The second-order valence-corrected chi connectivity index (χ2v) is 14.9. The highest BCUT2D eigenvalue weighted by Crippen LogP contribution is 2.75. The zero-order chi connectivity index (χ0) is 25.1. The van der Waals surface area contributed by atoms with Gasteiger partial charge in [-0.1, -0.05) is 47.1 Å². The maximum absolute atomic E-state index is 14.2. The predicted molar refractivity (Wildman–Crippen MR) is 133 cm³/mol. The number of rotatable bonds is 1. The van der Waals surface area contributed by atoms with E-state index in [1.807, 2.05) is 13.0 Å². The average Bonchev–Trinajstić information content (AvgIpc) is 2.73. The van der Waals surface area contributed by atoms with Gasteiger partial charge < -0.3 is 10.2 Å². The van der Waals surface area contributed by atoms with E-state index in [-0.39, 0.29) is 50.8 Å². The van der Waals surface area contributed by atoms with Crippen molar-refractivity contribution >= 4 is 11.8 Å². The molecule has 0 radical (unpaired) electrons. The number of ketones is 1. The topological polar surface area (TPSA) is 74.6 Å². The molecule has 190 valence electrons. The van der Waals surface area contributed by atoms with Gasteiger partial charge in [0.15, 0.2) is 5.78 Å². The lowest BCUT2D eigenvalue weighted by molar-refractivity contribution is -0.202. The Morgan fingerprint density at radius 1 is 0.912 bits per heavy atom. The van der Waals surface area contributed by atoms with Crippen molar-refractivity contribution in [2.45, 2.75) is 112 Å². The fraction of sp³-hybridized carbons (Fsp3) is 0.867. The molecule has 3 unspecified atom stereocenters. The highest BCUT2D eigenvalue weighted by atomic mass is 16.4. The zero-order valence-electron chi connectivity index (χ0n) is 22.5. The number of hydrogen-bond acceptors (Lipinski definition) is 3. The molecule has 0 saturated heterocycles. The highest BCUT2D eigenvalue weighted by molar-refractivity contribution is 5.95. The van der Waals surface area contributed by atoms with Crippen LogP contribution in [0.2, 0.25) is 0 Å². The first kappa shape index (κ1) is 24.5. The summed E-state index contributed by atoms with van der Waals surface area (Å²) in [7, 11) is 0. The minimum Gasteiger partial charge on any atom is -0.481 e. The van der Waals surface area contributed by atoms with Crippen LogP contribution in [0.5, 0.6) is 0 Å². The van der Waals surface area contributed by atoms with Gasteiger partial charge in [0.1, 0.15) is 0 Å². The average molecular weight is 471 g/mol. The van der Waals surface area contributed by atoms with Crippen molar-refractivity contribution in [1.29, 1.82) is 0 Å². The Balaban J connectivity index is 1.62. The number of carboxylic acid groups (broad SMARTS) is 1. The van der Waals surface area contributed by atoms with E-state index in [2.05, 4.69) is 41.5 Å². The molecule has 0 amide bonds. The number of aliphatic hydroxyl groups excluding tert-OH is 1. The maximum Gasteiger partial charge on any atom is 0.309 e. The van der Waals surface area contributed by atoms with E-state index in [4.69, 9.17) is 0 Å². The van der Waals surface area contributed by atoms with E-state index in [0.29, 0.717) is 12.3 Å². The fourth-order valence-corrected chi connectivity index (χ4v) is 10.4. The van der Waals surface area contributed by atoms with Crippen molar-refractivity contribution in [2.75, 3.05) is 0 Å². The summed E-state index contributed by atoms with van der Waals surface area (Å²) in [5.41, 5.74) is 0.142. The van der Waals surface area contributed by atoms with Crippen LogP contribution in [0.3, 0.4) is 0 Å². The van der Waals surface area contributed by atoms with Crippen molar-refractivity contribution in [3.05, 3.63) is 11.6 Å². The molecule has 4 saturated carbocycles. The van der Waals surface area contributed by atoms with Gasteiger partial charge in [0.2, 0.25) is 0 Å². The maximum atomic E-state index is 14.2. The van der Waals surface area contributed by atoms with Crippen LogP contribution >= 0.6 is 0 Å². The van der Waals surface area contributed by atoms with Gasteiger partial charge >= 0.3 is 5.97 Å².